The molecule has 0 atom stereocenters. The maximum Gasteiger partial charge on any atom is 1.00 e. The average molecular weight is 418 g/mol. The normalized spacial score (nSPS) is 11.7. The molecular formula is C21H19N2NaO6. The summed E-state index contributed by atoms with van der Waals surface area (Å²) in [6.45, 7) is 0.164. The fourth-order valence-electron chi connectivity index (χ4n) is 3.25. The number of methoxy groups -OCH3 is 2. The summed E-state index contributed by atoms with van der Waals surface area (Å²) in [5.74, 6) is 1.30. The Hall–Kier alpha value is -2.68. The summed E-state index contributed by atoms with van der Waals surface area (Å²) in [5.41, 5.74) is 2.09. The maximum atomic E-state index is 11.6. The molecule has 4 rings (SSSR count). The largest absolute Gasteiger partial charge is 1.00 e. The number of carbonyl (C=O) groups excluding carboxylic acids is 1. The molecule has 0 saturated carbocycles. The molecule has 0 radical (unpaired) electrons. The number of rotatable bonds is 7. The van der Waals surface area contributed by atoms with Crippen LogP contribution < -0.4 is 53.6 Å². The molecule has 0 bridgehead atoms. The van der Waals surface area contributed by atoms with Gasteiger partial charge in [0.25, 0.3) is 0 Å². The Kier molecular flexibility index (Phi) is 6.91. The first-order valence-corrected chi connectivity index (χ1v) is 9.00. The van der Waals surface area contributed by atoms with Crippen LogP contribution in [0, 0.1) is 0 Å². The predicted molar refractivity (Wildman–Crippen MR) is 101 cm³/mol. The summed E-state index contributed by atoms with van der Waals surface area (Å²) in [6.07, 6.45) is 2.72. The van der Waals surface area contributed by atoms with E-state index in [1.54, 1.807) is 44.7 Å². The van der Waals surface area contributed by atoms with E-state index >= 15 is 0 Å². The molecule has 150 valence electrons. The van der Waals surface area contributed by atoms with E-state index in [1.807, 2.05) is 12.1 Å². The first kappa shape index (κ1) is 22.0. The van der Waals surface area contributed by atoms with Crippen molar-refractivity contribution in [3.63, 3.8) is 0 Å². The third-order valence-electron chi connectivity index (χ3n) is 4.76. The summed E-state index contributed by atoms with van der Waals surface area (Å²) < 4.78 is 22.8. The number of carboxylic acid groups (broad SMARTS) is 1. The van der Waals surface area contributed by atoms with E-state index in [0.717, 1.165) is 5.56 Å². The van der Waals surface area contributed by atoms with Crippen LogP contribution in [0.2, 0.25) is 0 Å². The molecule has 2 aromatic carbocycles. The average Bonchev–Trinajstić information content (AvgIpc) is 3.38. The molecule has 1 aromatic heterocycles. The van der Waals surface area contributed by atoms with Crippen molar-refractivity contribution in [1.29, 1.82) is 0 Å². The van der Waals surface area contributed by atoms with Gasteiger partial charge in [0.15, 0.2) is 11.5 Å². The smallest absolute Gasteiger partial charge is 0.543 e. The second kappa shape index (κ2) is 9.42. The zero-order valence-electron chi connectivity index (χ0n) is 17.0. The van der Waals surface area contributed by atoms with E-state index in [4.69, 9.17) is 18.9 Å². The van der Waals surface area contributed by atoms with Gasteiger partial charge in [0.1, 0.15) is 17.2 Å². The Labute approximate surface area is 195 Å². The van der Waals surface area contributed by atoms with E-state index in [2.05, 4.69) is 5.10 Å². The number of carboxylic acids is 1. The fraction of sp³-hybridized carbons (Fsp3) is 0.238. The standard InChI is InChI=1S/C21H20N2O6.Na/c1-26-16-7-5-13(18(10-16)27-2)3-4-14-11-23(22-20(14)21(24)25)15-6-8-17-19(9-15)29-12-28-17;/h5-11H,3-4,12H2,1-2H3,(H,24,25);/q;+1/p-1. The zero-order chi connectivity index (χ0) is 20.4. The fourth-order valence-corrected chi connectivity index (χ4v) is 3.25. The summed E-state index contributed by atoms with van der Waals surface area (Å²) in [4.78, 5) is 11.6. The number of ether oxygens (including phenoxy) is 4. The minimum Gasteiger partial charge on any atom is -0.543 e. The minimum absolute atomic E-state index is 0. The van der Waals surface area contributed by atoms with Crippen molar-refractivity contribution < 1.29 is 58.4 Å². The summed E-state index contributed by atoms with van der Waals surface area (Å²) in [5, 5.41) is 15.8. The van der Waals surface area contributed by atoms with Crippen LogP contribution in [0.1, 0.15) is 21.6 Å². The van der Waals surface area contributed by atoms with Crippen LogP contribution in [-0.4, -0.2) is 36.8 Å². The van der Waals surface area contributed by atoms with Gasteiger partial charge < -0.3 is 28.8 Å². The molecular weight excluding hydrogens is 399 g/mol. The van der Waals surface area contributed by atoms with Crippen LogP contribution in [-0.2, 0) is 12.8 Å². The zero-order valence-corrected chi connectivity index (χ0v) is 19.0. The summed E-state index contributed by atoms with van der Waals surface area (Å²) >= 11 is 0. The van der Waals surface area contributed by atoms with Crippen molar-refractivity contribution in [2.24, 2.45) is 0 Å². The monoisotopic (exact) mass is 418 g/mol. The van der Waals surface area contributed by atoms with Gasteiger partial charge in [-0.15, -0.1) is 0 Å². The maximum absolute atomic E-state index is 11.6. The molecule has 0 spiro atoms. The van der Waals surface area contributed by atoms with Crippen molar-refractivity contribution in [3.8, 4) is 28.7 Å². The molecule has 3 aromatic rings. The number of fused-ring (bicyclic) bond motifs is 1. The summed E-state index contributed by atoms with van der Waals surface area (Å²) in [7, 11) is 3.17. The number of aryl methyl sites for hydroxylation is 2. The molecule has 0 aliphatic carbocycles. The van der Waals surface area contributed by atoms with Gasteiger partial charge in [-0.3, -0.25) is 0 Å². The number of nitrogens with zero attached hydrogens (tertiary/aromatic N) is 2. The molecule has 0 N–H and O–H groups in total. The number of benzene rings is 2. The molecule has 0 unspecified atom stereocenters. The molecule has 30 heavy (non-hydrogen) atoms. The van der Waals surface area contributed by atoms with Gasteiger partial charge in [0.05, 0.1) is 25.9 Å². The topological polar surface area (TPSA) is 94.9 Å². The number of hydrogen-bond donors (Lipinski definition) is 0. The van der Waals surface area contributed by atoms with E-state index in [-0.39, 0.29) is 42.0 Å². The van der Waals surface area contributed by atoms with Crippen LogP contribution in [0.3, 0.4) is 0 Å². The van der Waals surface area contributed by atoms with Crippen molar-refractivity contribution >= 4 is 5.97 Å². The molecule has 9 heteroatoms. The second-order valence-electron chi connectivity index (χ2n) is 6.45. The predicted octanol–water partition coefficient (Wildman–Crippen LogP) is -1.23. The number of aromatic carboxylic acids is 1. The van der Waals surface area contributed by atoms with Gasteiger partial charge in [-0.1, -0.05) is 6.07 Å². The quantitative estimate of drug-likeness (QED) is 0.444. The molecule has 1 aliphatic heterocycles. The number of carbonyl (C=O) groups is 1. The van der Waals surface area contributed by atoms with Crippen molar-refractivity contribution in [1.82, 2.24) is 9.78 Å². The Morgan fingerprint density at radius 2 is 1.83 bits per heavy atom. The van der Waals surface area contributed by atoms with Crippen molar-refractivity contribution in [3.05, 3.63) is 59.4 Å². The van der Waals surface area contributed by atoms with E-state index < -0.39 is 5.97 Å². The summed E-state index contributed by atoms with van der Waals surface area (Å²) in [6, 6.07) is 10.8. The van der Waals surface area contributed by atoms with Gasteiger partial charge in [0, 0.05) is 23.9 Å². The molecule has 0 saturated heterocycles. The van der Waals surface area contributed by atoms with Crippen molar-refractivity contribution in [2.45, 2.75) is 12.8 Å². The Morgan fingerprint density at radius 3 is 2.57 bits per heavy atom. The molecule has 0 amide bonds. The Morgan fingerprint density at radius 1 is 1.07 bits per heavy atom. The van der Waals surface area contributed by atoms with E-state index in [1.165, 1.54) is 4.68 Å². The second-order valence-corrected chi connectivity index (χ2v) is 6.45. The first-order valence-electron chi connectivity index (χ1n) is 9.00. The SMILES string of the molecule is COc1ccc(CCc2cn(-c3ccc4c(c3)OCO4)nc2C(=O)[O-])c(OC)c1.[Na+]. The van der Waals surface area contributed by atoms with Crippen LogP contribution in [0.25, 0.3) is 5.69 Å². The number of aromatic nitrogens is 2. The Balaban J connectivity index is 0.00000256. The molecule has 2 heterocycles. The molecule has 1 aliphatic rings. The van der Waals surface area contributed by atoms with Crippen LogP contribution in [0.5, 0.6) is 23.0 Å². The van der Waals surface area contributed by atoms with Crippen LogP contribution in [0.15, 0.2) is 42.6 Å². The van der Waals surface area contributed by atoms with Gasteiger partial charge in [-0.2, -0.15) is 5.10 Å². The van der Waals surface area contributed by atoms with E-state index in [9.17, 15) is 9.90 Å². The first-order chi connectivity index (χ1) is 14.1. The number of hydrogen-bond acceptors (Lipinski definition) is 7. The van der Waals surface area contributed by atoms with Gasteiger partial charge in [-0.25, -0.2) is 4.68 Å². The van der Waals surface area contributed by atoms with Gasteiger partial charge >= 0.3 is 29.6 Å². The van der Waals surface area contributed by atoms with Gasteiger partial charge in [0.2, 0.25) is 6.79 Å². The van der Waals surface area contributed by atoms with Crippen LogP contribution in [0.4, 0.5) is 0 Å². The Bertz CT molecular complexity index is 1070. The third-order valence-corrected chi connectivity index (χ3v) is 4.76. The van der Waals surface area contributed by atoms with E-state index in [0.29, 0.717) is 47.1 Å². The van der Waals surface area contributed by atoms with Crippen LogP contribution >= 0.6 is 0 Å². The van der Waals surface area contributed by atoms with Gasteiger partial charge in [-0.05, 0) is 36.6 Å². The minimum atomic E-state index is -1.32. The molecule has 8 nitrogen and oxygen atoms in total. The van der Waals surface area contributed by atoms with Crippen molar-refractivity contribution in [2.75, 3.05) is 21.0 Å². The molecule has 0 fully saturated rings. The third kappa shape index (κ3) is 4.40.